The second kappa shape index (κ2) is 4.84. The van der Waals surface area contributed by atoms with Crippen LogP contribution in [0.2, 0.25) is 0 Å². The summed E-state index contributed by atoms with van der Waals surface area (Å²) in [6, 6.07) is 6.02. The summed E-state index contributed by atoms with van der Waals surface area (Å²) >= 11 is 0. The molecule has 2 aromatic heterocycles. The first-order valence-electron chi connectivity index (χ1n) is 5.73. The molecular formula is C12H10N6O2. The van der Waals surface area contributed by atoms with E-state index in [0.717, 1.165) is 0 Å². The highest BCUT2D eigenvalue weighted by atomic mass is 16.3. The molecule has 0 bridgehead atoms. The van der Waals surface area contributed by atoms with Gasteiger partial charge in [0.1, 0.15) is 17.6 Å². The molecule has 4 N–H and O–H groups in total. The predicted octanol–water partition coefficient (Wildman–Crippen LogP) is 0.815. The van der Waals surface area contributed by atoms with Crippen molar-refractivity contribution in [1.82, 2.24) is 25.4 Å². The zero-order chi connectivity index (χ0) is 13.9. The van der Waals surface area contributed by atoms with Gasteiger partial charge in [0.2, 0.25) is 0 Å². The molecule has 0 atom stereocenters. The van der Waals surface area contributed by atoms with Crippen molar-refractivity contribution >= 4 is 22.9 Å². The van der Waals surface area contributed by atoms with E-state index in [1.54, 1.807) is 12.1 Å². The second-order valence-electron chi connectivity index (χ2n) is 3.95. The smallest absolute Gasteiger partial charge is 0.269 e. The quantitative estimate of drug-likeness (QED) is 0.523. The first-order chi connectivity index (χ1) is 9.74. The second-order valence-corrected chi connectivity index (χ2v) is 3.95. The van der Waals surface area contributed by atoms with Crippen LogP contribution in [0.25, 0.3) is 11.2 Å². The number of aromatic hydroxyl groups is 1. The van der Waals surface area contributed by atoms with Crippen LogP contribution in [0.15, 0.2) is 36.9 Å². The summed E-state index contributed by atoms with van der Waals surface area (Å²) in [6.45, 7) is 0. The topological polar surface area (TPSA) is 116 Å². The third kappa shape index (κ3) is 2.21. The van der Waals surface area contributed by atoms with Crippen molar-refractivity contribution in [2.75, 3.05) is 5.43 Å². The number of amides is 1. The number of anilines is 1. The summed E-state index contributed by atoms with van der Waals surface area (Å²) in [6.07, 6.45) is 2.83. The number of carbonyl (C=O) groups excluding carboxylic acids is 1. The third-order valence-electron chi connectivity index (χ3n) is 2.63. The fraction of sp³-hybridized carbons (Fsp3) is 0. The van der Waals surface area contributed by atoms with Crippen molar-refractivity contribution in [2.24, 2.45) is 0 Å². The molecular weight excluding hydrogens is 260 g/mol. The molecule has 0 spiro atoms. The molecule has 3 rings (SSSR count). The maximum Gasteiger partial charge on any atom is 0.269 e. The van der Waals surface area contributed by atoms with Crippen LogP contribution in [0.3, 0.4) is 0 Å². The molecule has 0 aliphatic rings. The Hall–Kier alpha value is -3.16. The van der Waals surface area contributed by atoms with E-state index < -0.39 is 5.91 Å². The summed E-state index contributed by atoms with van der Waals surface area (Å²) in [5, 5.41) is 9.33. The predicted molar refractivity (Wildman–Crippen MR) is 70.9 cm³/mol. The molecule has 0 aliphatic heterocycles. The lowest BCUT2D eigenvalue weighted by Gasteiger charge is -2.08. The Morgan fingerprint density at radius 3 is 3.00 bits per heavy atom. The average Bonchev–Trinajstić information content (AvgIpc) is 2.93. The van der Waals surface area contributed by atoms with Crippen LogP contribution in [-0.4, -0.2) is 30.9 Å². The van der Waals surface area contributed by atoms with E-state index in [2.05, 4.69) is 30.8 Å². The molecule has 8 nitrogen and oxygen atoms in total. The SMILES string of the molecule is O=C(NNc1ncnc2nc[nH]c12)c1cccc(O)c1. The van der Waals surface area contributed by atoms with Crippen molar-refractivity contribution in [3.63, 3.8) is 0 Å². The molecule has 20 heavy (non-hydrogen) atoms. The minimum Gasteiger partial charge on any atom is -0.508 e. The van der Waals surface area contributed by atoms with E-state index in [4.69, 9.17) is 0 Å². The van der Waals surface area contributed by atoms with Crippen LogP contribution < -0.4 is 10.9 Å². The van der Waals surface area contributed by atoms with Crippen LogP contribution in [0.1, 0.15) is 10.4 Å². The van der Waals surface area contributed by atoms with Crippen molar-refractivity contribution in [2.45, 2.75) is 0 Å². The zero-order valence-electron chi connectivity index (χ0n) is 10.2. The van der Waals surface area contributed by atoms with Crippen LogP contribution in [0, 0.1) is 0 Å². The van der Waals surface area contributed by atoms with Gasteiger partial charge in [-0.15, -0.1) is 0 Å². The van der Waals surface area contributed by atoms with Gasteiger partial charge in [0, 0.05) is 5.56 Å². The Morgan fingerprint density at radius 2 is 2.15 bits per heavy atom. The van der Waals surface area contributed by atoms with E-state index in [9.17, 15) is 9.90 Å². The van der Waals surface area contributed by atoms with Gasteiger partial charge in [0.05, 0.1) is 6.33 Å². The molecule has 2 heterocycles. The molecule has 0 radical (unpaired) electrons. The highest BCUT2D eigenvalue weighted by molar-refractivity contribution is 5.95. The van der Waals surface area contributed by atoms with Crippen molar-refractivity contribution in [1.29, 1.82) is 0 Å². The Morgan fingerprint density at radius 1 is 1.25 bits per heavy atom. The number of nitrogens with one attached hydrogen (secondary N) is 3. The van der Waals surface area contributed by atoms with Gasteiger partial charge in [-0.05, 0) is 18.2 Å². The van der Waals surface area contributed by atoms with Crippen molar-refractivity contribution < 1.29 is 9.90 Å². The molecule has 0 unspecified atom stereocenters. The first-order valence-corrected chi connectivity index (χ1v) is 5.73. The number of hydrogen-bond acceptors (Lipinski definition) is 6. The number of carbonyl (C=O) groups is 1. The lowest BCUT2D eigenvalue weighted by Crippen LogP contribution is -2.29. The minimum absolute atomic E-state index is 0.0237. The number of phenolic OH excluding ortho intramolecular Hbond substituents is 1. The number of imidazole rings is 1. The molecule has 0 saturated heterocycles. The van der Waals surface area contributed by atoms with E-state index in [0.29, 0.717) is 22.5 Å². The first kappa shape index (κ1) is 11.9. The van der Waals surface area contributed by atoms with Crippen LogP contribution >= 0.6 is 0 Å². The normalized spacial score (nSPS) is 10.4. The summed E-state index contributed by atoms with van der Waals surface area (Å²) in [5.41, 5.74) is 6.58. The number of phenols is 1. The van der Waals surface area contributed by atoms with Gasteiger partial charge in [-0.2, -0.15) is 0 Å². The number of aromatic amines is 1. The maximum absolute atomic E-state index is 11.9. The summed E-state index contributed by atoms with van der Waals surface area (Å²) in [5.74, 6) is 0.0313. The summed E-state index contributed by atoms with van der Waals surface area (Å²) in [7, 11) is 0. The lowest BCUT2D eigenvalue weighted by molar-refractivity contribution is 0.0962. The standard InChI is InChI=1S/C12H10N6O2/c19-8-3-1-2-7(4-8)12(20)18-17-11-9-10(14-5-13-9)15-6-16-11/h1-6,19H,(H,18,20)(H2,13,14,15,16,17). The maximum atomic E-state index is 11.9. The summed E-state index contributed by atoms with van der Waals surface area (Å²) < 4.78 is 0. The molecule has 3 aromatic rings. The molecule has 1 amide bonds. The van der Waals surface area contributed by atoms with Gasteiger partial charge in [-0.1, -0.05) is 6.07 Å². The molecule has 0 saturated carbocycles. The van der Waals surface area contributed by atoms with Gasteiger partial charge in [-0.3, -0.25) is 15.6 Å². The monoisotopic (exact) mass is 270 g/mol. The van der Waals surface area contributed by atoms with E-state index in [-0.39, 0.29) is 5.75 Å². The number of H-pyrrole nitrogens is 1. The molecule has 8 heteroatoms. The number of hydrazine groups is 1. The van der Waals surface area contributed by atoms with Crippen molar-refractivity contribution in [3.8, 4) is 5.75 Å². The molecule has 1 aromatic carbocycles. The van der Waals surface area contributed by atoms with Crippen molar-refractivity contribution in [3.05, 3.63) is 42.5 Å². The zero-order valence-corrected chi connectivity index (χ0v) is 10.2. The Kier molecular flexibility index (Phi) is 2.88. The summed E-state index contributed by atoms with van der Waals surface area (Å²) in [4.78, 5) is 26.7. The number of hydrogen-bond donors (Lipinski definition) is 4. The van der Waals surface area contributed by atoms with Gasteiger partial charge in [0.15, 0.2) is 11.5 Å². The molecule has 0 fully saturated rings. The Bertz CT molecular complexity index is 769. The Labute approximate surface area is 112 Å². The van der Waals surface area contributed by atoms with E-state index in [1.807, 2.05) is 0 Å². The number of rotatable bonds is 3. The fourth-order valence-electron chi connectivity index (χ4n) is 1.70. The van der Waals surface area contributed by atoms with Gasteiger partial charge >= 0.3 is 0 Å². The molecule has 100 valence electrons. The van der Waals surface area contributed by atoms with E-state index >= 15 is 0 Å². The van der Waals surface area contributed by atoms with Gasteiger partial charge < -0.3 is 10.1 Å². The molecule has 0 aliphatic carbocycles. The van der Waals surface area contributed by atoms with Gasteiger partial charge in [0.25, 0.3) is 5.91 Å². The van der Waals surface area contributed by atoms with E-state index in [1.165, 1.54) is 24.8 Å². The minimum atomic E-state index is -0.396. The average molecular weight is 270 g/mol. The van der Waals surface area contributed by atoms with Crippen LogP contribution in [0.4, 0.5) is 5.82 Å². The number of aromatic nitrogens is 4. The number of nitrogens with zero attached hydrogens (tertiary/aromatic N) is 3. The third-order valence-corrected chi connectivity index (χ3v) is 2.63. The highest BCUT2D eigenvalue weighted by Gasteiger charge is 2.08. The largest absolute Gasteiger partial charge is 0.508 e. The highest BCUT2D eigenvalue weighted by Crippen LogP contribution is 2.14. The van der Waals surface area contributed by atoms with Gasteiger partial charge in [-0.25, -0.2) is 15.0 Å². The van der Waals surface area contributed by atoms with Crippen LogP contribution in [0.5, 0.6) is 5.75 Å². The number of benzene rings is 1. The Balaban J connectivity index is 1.76. The van der Waals surface area contributed by atoms with Crippen LogP contribution in [-0.2, 0) is 0 Å². The number of fused-ring (bicyclic) bond motifs is 1. The lowest BCUT2D eigenvalue weighted by atomic mass is 10.2. The fourth-order valence-corrected chi connectivity index (χ4v) is 1.70.